The second-order valence-electron chi connectivity index (χ2n) is 5.21. The van der Waals surface area contributed by atoms with Gasteiger partial charge in [0.1, 0.15) is 5.82 Å². The van der Waals surface area contributed by atoms with Gasteiger partial charge in [0, 0.05) is 24.8 Å². The highest BCUT2D eigenvalue weighted by Gasteiger charge is 2.22. The van der Waals surface area contributed by atoms with Crippen LogP contribution in [0.1, 0.15) is 24.9 Å². The highest BCUT2D eigenvalue weighted by Crippen LogP contribution is 2.28. The Morgan fingerprint density at radius 1 is 1.30 bits per heavy atom. The molecule has 0 bridgehead atoms. The fourth-order valence-corrected chi connectivity index (χ4v) is 3.77. The van der Waals surface area contributed by atoms with E-state index in [0.717, 1.165) is 11.3 Å². The third-order valence-electron chi connectivity index (χ3n) is 3.79. The lowest BCUT2D eigenvalue weighted by Crippen LogP contribution is -2.29. The molecule has 1 aliphatic heterocycles. The van der Waals surface area contributed by atoms with Crippen LogP contribution in [0.2, 0.25) is 0 Å². The summed E-state index contributed by atoms with van der Waals surface area (Å²) in [7, 11) is -1.11. The van der Waals surface area contributed by atoms with Crippen LogP contribution in [0.4, 0.5) is 10.1 Å². The molecule has 1 aromatic rings. The van der Waals surface area contributed by atoms with Gasteiger partial charge < -0.3 is 10.2 Å². The zero-order valence-electron chi connectivity index (χ0n) is 11.9. The van der Waals surface area contributed by atoms with Gasteiger partial charge in [0.25, 0.3) is 0 Å². The molecule has 1 aliphatic rings. The molecule has 112 valence electrons. The summed E-state index contributed by atoms with van der Waals surface area (Å²) in [5.74, 6) is 0.132. The number of hydrogen-bond acceptors (Lipinski definition) is 4. The van der Waals surface area contributed by atoms with Crippen LogP contribution in [0, 0.1) is 5.82 Å². The van der Waals surface area contributed by atoms with E-state index in [0.29, 0.717) is 19.5 Å². The van der Waals surface area contributed by atoms with Gasteiger partial charge >= 0.3 is 0 Å². The number of sulfone groups is 1. The minimum atomic E-state index is -2.94. The summed E-state index contributed by atoms with van der Waals surface area (Å²) < 4.78 is 36.8. The first-order chi connectivity index (χ1) is 9.43. The number of nitrogens with one attached hydrogen (secondary N) is 1. The van der Waals surface area contributed by atoms with Gasteiger partial charge in [0.15, 0.2) is 9.84 Å². The zero-order chi connectivity index (χ0) is 14.8. The Bertz CT molecular complexity index is 575. The standard InChI is InChI=1S/C14H21FN2O2S/c1-11(16-2)13-10-12(15)4-5-14(13)17-6-3-8-20(18,19)9-7-17/h4-5,10-11,16H,3,6-9H2,1-2H3. The van der Waals surface area contributed by atoms with Crippen LogP contribution in [-0.2, 0) is 9.84 Å². The summed E-state index contributed by atoms with van der Waals surface area (Å²) >= 11 is 0. The van der Waals surface area contributed by atoms with Crippen molar-refractivity contribution in [3.63, 3.8) is 0 Å². The number of hydrogen-bond donors (Lipinski definition) is 1. The molecular weight excluding hydrogens is 279 g/mol. The molecule has 1 fully saturated rings. The molecule has 1 saturated heterocycles. The highest BCUT2D eigenvalue weighted by molar-refractivity contribution is 7.91. The van der Waals surface area contributed by atoms with Crippen molar-refractivity contribution < 1.29 is 12.8 Å². The van der Waals surface area contributed by atoms with E-state index in [1.54, 1.807) is 6.07 Å². The van der Waals surface area contributed by atoms with Gasteiger partial charge in [0.2, 0.25) is 0 Å². The molecule has 0 radical (unpaired) electrons. The minimum absolute atomic E-state index is 0.0144. The molecular formula is C14H21FN2O2S. The maximum absolute atomic E-state index is 13.5. The van der Waals surface area contributed by atoms with Crippen molar-refractivity contribution in [2.45, 2.75) is 19.4 Å². The van der Waals surface area contributed by atoms with Crippen LogP contribution in [0.3, 0.4) is 0 Å². The molecule has 0 aromatic heterocycles. The first-order valence-electron chi connectivity index (χ1n) is 6.85. The summed E-state index contributed by atoms with van der Waals surface area (Å²) in [5.41, 5.74) is 1.79. The largest absolute Gasteiger partial charge is 0.370 e. The van der Waals surface area contributed by atoms with E-state index < -0.39 is 9.84 Å². The zero-order valence-corrected chi connectivity index (χ0v) is 12.7. The van der Waals surface area contributed by atoms with Crippen LogP contribution >= 0.6 is 0 Å². The van der Waals surface area contributed by atoms with Crippen LogP contribution in [0.5, 0.6) is 0 Å². The Balaban J connectivity index is 2.32. The molecule has 2 rings (SSSR count). The Kier molecular flexibility index (Phi) is 4.65. The van der Waals surface area contributed by atoms with Gasteiger partial charge in [0.05, 0.1) is 11.5 Å². The first-order valence-corrected chi connectivity index (χ1v) is 8.67. The number of benzene rings is 1. The average molecular weight is 300 g/mol. The van der Waals surface area contributed by atoms with Crippen molar-refractivity contribution in [2.75, 3.05) is 36.5 Å². The lowest BCUT2D eigenvalue weighted by molar-refractivity contribution is 0.596. The van der Waals surface area contributed by atoms with Crippen molar-refractivity contribution in [1.82, 2.24) is 5.32 Å². The third-order valence-corrected chi connectivity index (χ3v) is 5.50. The molecule has 20 heavy (non-hydrogen) atoms. The van der Waals surface area contributed by atoms with Gasteiger partial charge in [-0.25, -0.2) is 12.8 Å². The topological polar surface area (TPSA) is 49.4 Å². The molecule has 6 heteroatoms. The van der Waals surface area contributed by atoms with Gasteiger partial charge in [-0.2, -0.15) is 0 Å². The van der Waals surface area contributed by atoms with Crippen LogP contribution < -0.4 is 10.2 Å². The second-order valence-corrected chi connectivity index (χ2v) is 7.51. The lowest BCUT2D eigenvalue weighted by atomic mass is 10.0. The molecule has 0 amide bonds. The van der Waals surface area contributed by atoms with Crippen molar-refractivity contribution in [2.24, 2.45) is 0 Å². The maximum atomic E-state index is 13.5. The number of nitrogens with zero attached hydrogens (tertiary/aromatic N) is 1. The smallest absolute Gasteiger partial charge is 0.152 e. The summed E-state index contributed by atoms with van der Waals surface area (Å²) in [6.07, 6.45) is 0.618. The average Bonchev–Trinajstić information content (AvgIpc) is 2.59. The number of halogens is 1. The van der Waals surface area contributed by atoms with Crippen molar-refractivity contribution in [3.8, 4) is 0 Å². The molecule has 0 spiro atoms. The molecule has 1 unspecified atom stereocenters. The van der Waals surface area contributed by atoms with Gasteiger partial charge in [-0.15, -0.1) is 0 Å². The fourth-order valence-electron chi connectivity index (χ4n) is 2.50. The molecule has 4 nitrogen and oxygen atoms in total. The van der Waals surface area contributed by atoms with E-state index in [2.05, 4.69) is 5.32 Å². The van der Waals surface area contributed by atoms with Crippen LogP contribution in [0.15, 0.2) is 18.2 Å². The predicted octanol–water partition coefficient (Wildman–Crippen LogP) is 1.73. The molecule has 0 aliphatic carbocycles. The maximum Gasteiger partial charge on any atom is 0.152 e. The third kappa shape index (κ3) is 3.49. The van der Waals surface area contributed by atoms with Crippen molar-refractivity contribution in [1.29, 1.82) is 0 Å². The van der Waals surface area contributed by atoms with Crippen LogP contribution in [-0.4, -0.2) is 40.1 Å². The molecule has 1 atom stereocenters. The Morgan fingerprint density at radius 3 is 2.75 bits per heavy atom. The van der Waals surface area contributed by atoms with Crippen LogP contribution in [0.25, 0.3) is 0 Å². The van der Waals surface area contributed by atoms with Gasteiger partial charge in [-0.3, -0.25) is 0 Å². The SMILES string of the molecule is CNC(C)c1cc(F)ccc1N1CCCS(=O)(=O)CC1. The van der Waals surface area contributed by atoms with Gasteiger partial charge in [-0.1, -0.05) is 0 Å². The molecule has 1 aromatic carbocycles. The normalized spacial score (nSPS) is 20.4. The van der Waals surface area contributed by atoms with Crippen molar-refractivity contribution in [3.05, 3.63) is 29.6 Å². The summed E-state index contributed by atoms with van der Waals surface area (Å²) in [6, 6.07) is 4.72. The lowest BCUT2D eigenvalue weighted by Gasteiger charge is -2.27. The van der Waals surface area contributed by atoms with E-state index >= 15 is 0 Å². The predicted molar refractivity (Wildman–Crippen MR) is 79.4 cm³/mol. The Labute approximate surface area is 119 Å². The van der Waals surface area contributed by atoms with E-state index in [1.165, 1.54) is 12.1 Å². The van der Waals surface area contributed by atoms with Crippen molar-refractivity contribution >= 4 is 15.5 Å². The molecule has 0 saturated carbocycles. The monoisotopic (exact) mass is 300 g/mol. The quantitative estimate of drug-likeness (QED) is 0.923. The summed E-state index contributed by atoms with van der Waals surface area (Å²) in [6.45, 7) is 3.12. The second kappa shape index (κ2) is 6.10. The van der Waals surface area contributed by atoms with E-state index in [4.69, 9.17) is 0 Å². The number of rotatable bonds is 3. The van der Waals surface area contributed by atoms with Gasteiger partial charge in [-0.05, 0) is 44.2 Å². The van der Waals surface area contributed by atoms with E-state index in [1.807, 2.05) is 18.9 Å². The Hall–Kier alpha value is -1.14. The number of anilines is 1. The summed E-state index contributed by atoms with van der Waals surface area (Å²) in [5, 5.41) is 3.11. The first kappa shape index (κ1) is 15.3. The minimum Gasteiger partial charge on any atom is -0.370 e. The van der Waals surface area contributed by atoms with E-state index in [9.17, 15) is 12.8 Å². The molecule has 1 N–H and O–H groups in total. The summed E-state index contributed by atoms with van der Waals surface area (Å²) in [4.78, 5) is 2.05. The fraction of sp³-hybridized carbons (Fsp3) is 0.571. The highest BCUT2D eigenvalue weighted by atomic mass is 32.2. The Morgan fingerprint density at radius 2 is 2.05 bits per heavy atom. The van der Waals surface area contributed by atoms with E-state index in [-0.39, 0.29) is 23.4 Å². The molecule has 1 heterocycles.